The molecular formula is C15H11N5O. The van der Waals surface area contributed by atoms with Gasteiger partial charge in [0, 0.05) is 12.5 Å². The maximum Gasteiger partial charge on any atom is 0.221 e. The van der Waals surface area contributed by atoms with Gasteiger partial charge < -0.3 is 5.32 Å². The van der Waals surface area contributed by atoms with Gasteiger partial charge in [0.25, 0.3) is 0 Å². The van der Waals surface area contributed by atoms with Gasteiger partial charge in [-0.15, -0.1) is 0 Å². The van der Waals surface area contributed by atoms with Crippen LogP contribution in [0.2, 0.25) is 0 Å². The number of nitrogens with zero attached hydrogens (tertiary/aromatic N) is 4. The lowest BCUT2D eigenvalue weighted by molar-refractivity contribution is -0.114. The van der Waals surface area contributed by atoms with Gasteiger partial charge in [0.1, 0.15) is 6.33 Å². The number of amides is 1. The summed E-state index contributed by atoms with van der Waals surface area (Å²) in [7, 11) is 0. The van der Waals surface area contributed by atoms with Crippen molar-refractivity contribution in [1.29, 1.82) is 5.26 Å². The van der Waals surface area contributed by atoms with E-state index < -0.39 is 0 Å². The second-order valence-electron chi connectivity index (χ2n) is 4.50. The standard InChI is InChI=1S/C15H11N5O/c1-10(21)19-13-6-7-14-17-9-18-20(14)15(13)12-4-2-11(8-16)3-5-12/h2-7,9H,1H3,(H,19,21). The first-order valence-electron chi connectivity index (χ1n) is 6.30. The Morgan fingerprint density at radius 3 is 2.67 bits per heavy atom. The molecule has 3 rings (SSSR count). The Labute approximate surface area is 120 Å². The van der Waals surface area contributed by atoms with Crippen LogP contribution in [-0.4, -0.2) is 20.5 Å². The van der Waals surface area contributed by atoms with Gasteiger partial charge in [0.15, 0.2) is 5.65 Å². The summed E-state index contributed by atoms with van der Waals surface area (Å²) >= 11 is 0. The van der Waals surface area contributed by atoms with Crippen molar-refractivity contribution in [2.24, 2.45) is 0 Å². The van der Waals surface area contributed by atoms with E-state index in [1.54, 1.807) is 28.8 Å². The quantitative estimate of drug-likeness (QED) is 0.778. The van der Waals surface area contributed by atoms with Crippen LogP contribution in [0.15, 0.2) is 42.7 Å². The lowest BCUT2D eigenvalue weighted by Crippen LogP contribution is -2.09. The van der Waals surface area contributed by atoms with Crippen LogP contribution in [-0.2, 0) is 4.79 Å². The molecule has 1 N–H and O–H groups in total. The molecular weight excluding hydrogens is 266 g/mol. The number of nitriles is 1. The zero-order valence-electron chi connectivity index (χ0n) is 11.2. The summed E-state index contributed by atoms with van der Waals surface area (Å²) in [6.45, 7) is 1.45. The van der Waals surface area contributed by atoms with Gasteiger partial charge in [-0.1, -0.05) is 12.1 Å². The Balaban J connectivity index is 2.23. The van der Waals surface area contributed by atoms with E-state index in [9.17, 15) is 4.79 Å². The second kappa shape index (κ2) is 5.06. The minimum atomic E-state index is -0.163. The van der Waals surface area contributed by atoms with E-state index in [0.717, 1.165) is 11.3 Å². The second-order valence-corrected chi connectivity index (χ2v) is 4.50. The number of hydrogen-bond donors (Lipinski definition) is 1. The van der Waals surface area contributed by atoms with E-state index in [0.29, 0.717) is 16.9 Å². The maximum atomic E-state index is 11.4. The van der Waals surface area contributed by atoms with Crippen molar-refractivity contribution < 1.29 is 4.79 Å². The fourth-order valence-corrected chi connectivity index (χ4v) is 2.16. The zero-order chi connectivity index (χ0) is 14.8. The molecule has 0 saturated carbocycles. The highest BCUT2D eigenvalue weighted by atomic mass is 16.1. The molecule has 2 heterocycles. The molecule has 6 heteroatoms. The number of nitrogens with one attached hydrogen (secondary N) is 1. The van der Waals surface area contributed by atoms with Gasteiger partial charge in [0.05, 0.1) is 23.0 Å². The number of fused-ring (bicyclic) bond motifs is 1. The van der Waals surface area contributed by atoms with Crippen molar-refractivity contribution in [2.45, 2.75) is 6.92 Å². The van der Waals surface area contributed by atoms with E-state index in [4.69, 9.17) is 5.26 Å². The molecule has 1 amide bonds. The van der Waals surface area contributed by atoms with Gasteiger partial charge in [-0.05, 0) is 24.3 Å². The lowest BCUT2D eigenvalue weighted by atomic mass is 10.1. The van der Waals surface area contributed by atoms with E-state index in [1.165, 1.54) is 13.3 Å². The molecule has 21 heavy (non-hydrogen) atoms. The molecule has 0 fully saturated rings. The highest BCUT2D eigenvalue weighted by Gasteiger charge is 2.12. The highest BCUT2D eigenvalue weighted by Crippen LogP contribution is 2.28. The minimum absolute atomic E-state index is 0.163. The molecule has 1 aromatic carbocycles. The zero-order valence-corrected chi connectivity index (χ0v) is 11.2. The van der Waals surface area contributed by atoms with Crippen molar-refractivity contribution in [1.82, 2.24) is 14.6 Å². The summed E-state index contributed by atoms with van der Waals surface area (Å²) in [6.07, 6.45) is 1.46. The van der Waals surface area contributed by atoms with Crippen molar-refractivity contribution >= 4 is 17.2 Å². The summed E-state index contributed by atoms with van der Waals surface area (Å²) in [5.41, 5.74) is 3.47. The monoisotopic (exact) mass is 277 g/mol. The molecule has 6 nitrogen and oxygen atoms in total. The predicted octanol–water partition coefficient (Wildman–Crippen LogP) is 2.23. The third-order valence-corrected chi connectivity index (χ3v) is 3.04. The minimum Gasteiger partial charge on any atom is -0.324 e. The molecule has 102 valence electrons. The molecule has 0 atom stereocenters. The van der Waals surface area contributed by atoms with E-state index in [1.807, 2.05) is 12.1 Å². The number of carbonyl (C=O) groups is 1. The SMILES string of the molecule is CC(=O)Nc1ccc2ncnn2c1-c1ccc(C#N)cc1. The summed E-state index contributed by atoms with van der Waals surface area (Å²) in [5.74, 6) is -0.163. The molecule has 0 saturated heterocycles. The van der Waals surface area contributed by atoms with Crippen LogP contribution < -0.4 is 5.32 Å². The smallest absolute Gasteiger partial charge is 0.221 e. The van der Waals surface area contributed by atoms with Gasteiger partial charge in [-0.2, -0.15) is 10.4 Å². The fourth-order valence-electron chi connectivity index (χ4n) is 2.16. The van der Waals surface area contributed by atoms with Gasteiger partial charge in [-0.3, -0.25) is 4.79 Å². The molecule has 2 aromatic heterocycles. The van der Waals surface area contributed by atoms with Crippen LogP contribution in [0.5, 0.6) is 0 Å². The number of pyridine rings is 1. The Morgan fingerprint density at radius 1 is 1.24 bits per heavy atom. The number of rotatable bonds is 2. The van der Waals surface area contributed by atoms with Crippen molar-refractivity contribution in [3.05, 3.63) is 48.3 Å². The third-order valence-electron chi connectivity index (χ3n) is 3.04. The Kier molecular flexibility index (Phi) is 3.09. The Morgan fingerprint density at radius 2 is 2.00 bits per heavy atom. The third kappa shape index (κ3) is 2.32. The predicted molar refractivity (Wildman–Crippen MR) is 77.4 cm³/mol. The molecule has 0 radical (unpaired) electrons. The van der Waals surface area contributed by atoms with Gasteiger partial charge in [-0.25, -0.2) is 9.50 Å². The number of aromatic nitrogens is 3. The molecule has 0 spiro atoms. The molecule has 0 aliphatic rings. The Hall–Kier alpha value is -3.20. The number of carbonyl (C=O) groups excluding carboxylic acids is 1. The first kappa shape index (κ1) is 12.8. The average molecular weight is 277 g/mol. The molecule has 0 aliphatic carbocycles. The lowest BCUT2D eigenvalue weighted by Gasteiger charge is -2.11. The summed E-state index contributed by atoms with van der Waals surface area (Å²) < 4.78 is 1.66. The average Bonchev–Trinajstić information content (AvgIpc) is 2.95. The van der Waals surface area contributed by atoms with Crippen LogP contribution in [0.3, 0.4) is 0 Å². The number of anilines is 1. The first-order valence-corrected chi connectivity index (χ1v) is 6.30. The van der Waals surface area contributed by atoms with E-state index >= 15 is 0 Å². The Bertz CT molecular complexity index is 858. The largest absolute Gasteiger partial charge is 0.324 e. The molecule has 0 unspecified atom stereocenters. The maximum absolute atomic E-state index is 11.4. The van der Waals surface area contributed by atoms with E-state index in [2.05, 4.69) is 21.5 Å². The van der Waals surface area contributed by atoms with Crippen molar-refractivity contribution in [3.63, 3.8) is 0 Å². The number of hydrogen-bond acceptors (Lipinski definition) is 4. The summed E-state index contributed by atoms with van der Waals surface area (Å²) in [4.78, 5) is 15.5. The molecule has 0 bridgehead atoms. The van der Waals surface area contributed by atoms with Crippen molar-refractivity contribution in [3.8, 4) is 17.3 Å². The van der Waals surface area contributed by atoms with Gasteiger partial charge >= 0.3 is 0 Å². The van der Waals surface area contributed by atoms with Crippen LogP contribution in [0.4, 0.5) is 5.69 Å². The van der Waals surface area contributed by atoms with Crippen LogP contribution in [0.25, 0.3) is 16.9 Å². The van der Waals surface area contributed by atoms with Crippen LogP contribution in [0, 0.1) is 11.3 Å². The molecule has 0 aliphatic heterocycles. The van der Waals surface area contributed by atoms with E-state index in [-0.39, 0.29) is 5.91 Å². The topological polar surface area (TPSA) is 83.1 Å². The first-order chi connectivity index (χ1) is 10.2. The number of benzene rings is 1. The van der Waals surface area contributed by atoms with Crippen molar-refractivity contribution in [2.75, 3.05) is 5.32 Å². The summed E-state index contributed by atoms with van der Waals surface area (Å²) in [6, 6.07) is 12.7. The van der Waals surface area contributed by atoms with Crippen LogP contribution in [0.1, 0.15) is 12.5 Å². The molecule has 3 aromatic rings. The normalized spacial score (nSPS) is 10.3. The summed E-state index contributed by atoms with van der Waals surface area (Å²) in [5, 5.41) is 15.9. The fraction of sp³-hybridized carbons (Fsp3) is 0.0667. The van der Waals surface area contributed by atoms with Crippen LogP contribution >= 0.6 is 0 Å². The highest BCUT2D eigenvalue weighted by molar-refractivity contribution is 5.93. The van der Waals surface area contributed by atoms with Gasteiger partial charge in [0.2, 0.25) is 5.91 Å².